The Morgan fingerprint density at radius 3 is 2.80 bits per heavy atom. The van der Waals surface area contributed by atoms with E-state index in [0.717, 1.165) is 5.56 Å². The first-order valence-electron chi connectivity index (χ1n) is 6.24. The molecule has 1 aromatic rings. The van der Waals surface area contributed by atoms with Crippen LogP contribution in [0.15, 0.2) is 18.2 Å². The quantitative estimate of drug-likeness (QED) is 0.448. The van der Waals surface area contributed by atoms with E-state index in [2.05, 4.69) is 10.6 Å². The molecule has 0 radical (unpaired) electrons. The monoisotopic (exact) mass is 281 g/mol. The lowest BCUT2D eigenvalue weighted by atomic mass is 10.1. The molecule has 1 amide bonds. The van der Waals surface area contributed by atoms with Crippen molar-refractivity contribution in [2.45, 2.75) is 19.9 Å². The normalized spacial score (nSPS) is 11.8. The van der Waals surface area contributed by atoms with Gasteiger partial charge in [0, 0.05) is 31.5 Å². The topological polar surface area (TPSA) is 93.5 Å². The number of amides is 1. The van der Waals surface area contributed by atoms with Crippen LogP contribution >= 0.6 is 0 Å². The molecule has 20 heavy (non-hydrogen) atoms. The summed E-state index contributed by atoms with van der Waals surface area (Å²) in [7, 11) is 1.56. The van der Waals surface area contributed by atoms with Crippen LogP contribution in [-0.2, 0) is 9.53 Å². The van der Waals surface area contributed by atoms with E-state index >= 15 is 0 Å². The molecule has 0 aliphatic carbocycles. The summed E-state index contributed by atoms with van der Waals surface area (Å²) in [5.74, 6) is -0.187. The van der Waals surface area contributed by atoms with Crippen LogP contribution in [0.1, 0.15) is 12.5 Å². The fraction of sp³-hybridized carbons (Fsp3) is 0.462. The molecule has 0 saturated heterocycles. The number of aryl methyl sites for hydroxylation is 1. The van der Waals surface area contributed by atoms with E-state index in [0.29, 0.717) is 18.8 Å². The first kappa shape index (κ1) is 15.9. The number of anilines is 1. The average molecular weight is 281 g/mol. The van der Waals surface area contributed by atoms with Crippen molar-refractivity contribution in [3.63, 3.8) is 0 Å². The van der Waals surface area contributed by atoms with Gasteiger partial charge in [0.2, 0.25) is 5.91 Å². The summed E-state index contributed by atoms with van der Waals surface area (Å²) >= 11 is 0. The summed E-state index contributed by atoms with van der Waals surface area (Å²) in [5, 5.41) is 16.4. The maximum Gasteiger partial charge on any atom is 0.271 e. The zero-order chi connectivity index (χ0) is 15.1. The number of nitrogens with one attached hydrogen (secondary N) is 2. The van der Waals surface area contributed by atoms with Gasteiger partial charge in [0.25, 0.3) is 5.69 Å². The number of hydrogen-bond donors (Lipinski definition) is 2. The number of hydrogen-bond acceptors (Lipinski definition) is 5. The van der Waals surface area contributed by atoms with Gasteiger partial charge in [-0.2, -0.15) is 0 Å². The molecule has 0 spiro atoms. The van der Waals surface area contributed by atoms with Gasteiger partial charge in [0.05, 0.1) is 11.5 Å². The first-order chi connectivity index (χ1) is 9.45. The lowest BCUT2D eigenvalue weighted by Gasteiger charge is -2.16. The van der Waals surface area contributed by atoms with Gasteiger partial charge in [-0.15, -0.1) is 0 Å². The summed E-state index contributed by atoms with van der Waals surface area (Å²) in [6, 6.07) is 4.02. The minimum Gasteiger partial charge on any atom is -0.383 e. The highest BCUT2D eigenvalue weighted by molar-refractivity contribution is 5.84. The van der Waals surface area contributed by atoms with Gasteiger partial charge in [0.15, 0.2) is 0 Å². The summed E-state index contributed by atoms with van der Waals surface area (Å²) < 4.78 is 4.84. The molecule has 1 atom stereocenters. The van der Waals surface area contributed by atoms with Crippen molar-refractivity contribution in [3.05, 3.63) is 33.9 Å². The summed E-state index contributed by atoms with van der Waals surface area (Å²) in [5.41, 5.74) is 1.41. The minimum absolute atomic E-state index is 0.00917. The van der Waals surface area contributed by atoms with Crippen LogP contribution in [0.2, 0.25) is 0 Å². The number of non-ortho nitro benzene ring substituents is 1. The highest BCUT2D eigenvalue weighted by Gasteiger charge is 2.15. The Morgan fingerprint density at radius 1 is 1.50 bits per heavy atom. The predicted molar refractivity (Wildman–Crippen MR) is 75.8 cm³/mol. The van der Waals surface area contributed by atoms with Gasteiger partial charge in [-0.3, -0.25) is 14.9 Å². The maximum absolute atomic E-state index is 11.8. The van der Waals surface area contributed by atoms with E-state index in [1.165, 1.54) is 12.1 Å². The zero-order valence-corrected chi connectivity index (χ0v) is 11.8. The molecule has 0 aliphatic rings. The number of rotatable bonds is 7. The third kappa shape index (κ3) is 4.51. The number of methoxy groups -OCH3 is 1. The SMILES string of the molecule is COCCNC(=O)C(C)Nc1cc([N+](=O)[O-])ccc1C. The van der Waals surface area contributed by atoms with Crippen molar-refractivity contribution in [1.82, 2.24) is 5.32 Å². The number of nitro groups is 1. The Bertz CT molecular complexity index is 491. The Hall–Kier alpha value is -2.15. The van der Waals surface area contributed by atoms with Gasteiger partial charge in [-0.05, 0) is 19.4 Å². The van der Waals surface area contributed by atoms with Crippen LogP contribution in [0.3, 0.4) is 0 Å². The Kier molecular flexibility index (Phi) is 5.92. The second-order valence-corrected chi connectivity index (χ2v) is 4.41. The lowest BCUT2D eigenvalue weighted by molar-refractivity contribution is -0.384. The Labute approximate surface area is 117 Å². The van der Waals surface area contributed by atoms with Gasteiger partial charge < -0.3 is 15.4 Å². The third-order valence-corrected chi connectivity index (χ3v) is 2.80. The van der Waals surface area contributed by atoms with E-state index < -0.39 is 11.0 Å². The molecule has 2 N–H and O–H groups in total. The highest BCUT2D eigenvalue weighted by atomic mass is 16.6. The second kappa shape index (κ2) is 7.44. The Balaban J connectivity index is 2.69. The first-order valence-corrected chi connectivity index (χ1v) is 6.24. The molecule has 0 aliphatic heterocycles. The van der Waals surface area contributed by atoms with Crippen molar-refractivity contribution in [1.29, 1.82) is 0 Å². The van der Waals surface area contributed by atoms with E-state index in [1.54, 1.807) is 20.1 Å². The minimum atomic E-state index is -0.493. The van der Waals surface area contributed by atoms with E-state index in [-0.39, 0.29) is 11.6 Å². The molecule has 110 valence electrons. The Morgan fingerprint density at radius 2 is 2.20 bits per heavy atom. The van der Waals surface area contributed by atoms with Crippen LogP contribution < -0.4 is 10.6 Å². The van der Waals surface area contributed by atoms with Gasteiger partial charge in [0.1, 0.15) is 6.04 Å². The number of carbonyl (C=O) groups is 1. The predicted octanol–water partition coefficient (Wildman–Crippen LogP) is 1.47. The summed E-state index contributed by atoms with van der Waals surface area (Å²) in [4.78, 5) is 22.1. The highest BCUT2D eigenvalue weighted by Crippen LogP contribution is 2.22. The molecular formula is C13H19N3O4. The van der Waals surface area contributed by atoms with E-state index in [1.807, 2.05) is 6.92 Å². The molecule has 0 bridgehead atoms. The van der Waals surface area contributed by atoms with E-state index in [9.17, 15) is 14.9 Å². The van der Waals surface area contributed by atoms with Crippen LogP contribution in [0.5, 0.6) is 0 Å². The molecular weight excluding hydrogens is 262 g/mol. The third-order valence-electron chi connectivity index (χ3n) is 2.80. The molecule has 0 heterocycles. The standard InChI is InChI=1S/C13H19N3O4/c1-9-4-5-11(16(18)19)8-12(9)15-10(2)13(17)14-6-7-20-3/h4-5,8,10,15H,6-7H2,1-3H3,(H,14,17). The summed E-state index contributed by atoms with van der Waals surface area (Å²) in [6.07, 6.45) is 0. The van der Waals surface area contributed by atoms with Crippen LogP contribution in [0.25, 0.3) is 0 Å². The molecule has 0 fully saturated rings. The summed E-state index contributed by atoms with van der Waals surface area (Å²) in [6.45, 7) is 4.38. The molecule has 7 nitrogen and oxygen atoms in total. The number of nitro benzene ring substituents is 1. The zero-order valence-electron chi connectivity index (χ0n) is 11.8. The van der Waals surface area contributed by atoms with Crippen LogP contribution in [-0.4, -0.2) is 37.1 Å². The van der Waals surface area contributed by atoms with Crippen molar-refractivity contribution < 1.29 is 14.5 Å². The number of benzene rings is 1. The fourth-order valence-corrected chi connectivity index (χ4v) is 1.61. The van der Waals surface area contributed by atoms with Crippen LogP contribution in [0, 0.1) is 17.0 Å². The van der Waals surface area contributed by atoms with Crippen molar-refractivity contribution in [2.75, 3.05) is 25.6 Å². The number of nitrogens with zero attached hydrogens (tertiary/aromatic N) is 1. The number of ether oxygens (including phenoxy) is 1. The largest absolute Gasteiger partial charge is 0.383 e. The molecule has 1 aromatic carbocycles. The smallest absolute Gasteiger partial charge is 0.271 e. The molecule has 0 saturated carbocycles. The number of carbonyl (C=O) groups excluding carboxylic acids is 1. The second-order valence-electron chi connectivity index (χ2n) is 4.41. The molecule has 1 unspecified atom stereocenters. The van der Waals surface area contributed by atoms with Gasteiger partial charge >= 0.3 is 0 Å². The van der Waals surface area contributed by atoms with Crippen molar-refractivity contribution >= 4 is 17.3 Å². The molecule has 1 rings (SSSR count). The molecule has 0 aromatic heterocycles. The maximum atomic E-state index is 11.8. The lowest BCUT2D eigenvalue weighted by Crippen LogP contribution is -2.39. The van der Waals surface area contributed by atoms with Gasteiger partial charge in [-0.25, -0.2) is 0 Å². The fourth-order valence-electron chi connectivity index (χ4n) is 1.61. The van der Waals surface area contributed by atoms with E-state index in [4.69, 9.17) is 4.74 Å². The molecule has 7 heteroatoms. The van der Waals surface area contributed by atoms with Gasteiger partial charge in [-0.1, -0.05) is 6.07 Å². The van der Waals surface area contributed by atoms with Crippen molar-refractivity contribution in [3.8, 4) is 0 Å². The average Bonchev–Trinajstić information content (AvgIpc) is 2.41. The van der Waals surface area contributed by atoms with Crippen LogP contribution in [0.4, 0.5) is 11.4 Å². The van der Waals surface area contributed by atoms with Crippen molar-refractivity contribution in [2.24, 2.45) is 0 Å².